The summed E-state index contributed by atoms with van der Waals surface area (Å²) in [6.45, 7) is 3.27. The van der Waals surface area contributed by atoms with Gasteiger partial charge >= 0.3 is 5.97 Å². The van der Waals surface area contributed by atoms with Gasteiger partial charge in [0, 0.05) is 11.8 Å². The van der Waals surface area contributed by atoms with Crippen LogP contribution in [0.1, 0.15) is 13.8 Å². The van der Waals surface area contributed by atoms with Crippen molar-refractivity contribution in [3.63, 3.8) is 0 Å². The molecule has 1 rings (SSSR count). The molecule has 1 aromatic carbocycles. The fourth-order valence-corrected chi connectivity index (χ4v) is 1.29. The molecule has 0 aromatic heterocycles. The Kier molecular flexibility index (Phi) is 6.16. The summed E-state index contributed by atoms with van der Waals surface area (Å²) < 4.78 is 17.6. The highest BCUT2D eigenvalue weighted by Gasteiger charge is 2.16. The molecule has 20 heavy (non-hydrogen) atoms. The van der Waals surface area contributed by atoms with Crippen LogP contribution in [0.5, 0.6) is 0 Å². The van der Waals surface area contributed by atoms with Gasteiger partial charge in [-0.15, -0.1) is 0 Å². The maximum absolute atomic E-state index is 12.7. The number of carbonyl (C=O) groups excluding carboxylic acids is 2. The van der Waals surface area contributed by atoms with Gasteiger partial charge in [-0.1, -0.05) is 18.2 Å². The van der Waals surface area contributed by atoms with E-state index in [1.807, 2.05) is 6.92 Å². The summed E-state index contributed by atoms with van der Waals surface area (Å²) in [5, 5.41) is 2.52. The first-order valence-electron chi connectivity index (χ1n) is 6.09. The highest BCUT2D eigenvalue weighted by molar-refractivity contribution is 5.95. The molecule has 0 aliphatic heterocycles. The number of esters is 1. The first-order valence-corrected chi connectivity index (χ1v) is 6.09. The molecule has 0 saturated carbocycles. The van der Waals surface area contributed by atoms with Crippen LogP contribution in [0, 0.1) is 5.82 Å². The molecule has 0 spiro atoms. The van der Waals surface area contributed by atoms with E-state index in [4.69, 9.17) is 4.74 Å². The predicted molar refractivity (Wildman–Crippen MR) is 74.5 cm³/mol. The Hall–Kier alpha value is -2.43. The second kappa shape index (κ2) is 7.89. The summed E-state index contributed by atoms with van der Waals surface area (Å²) in [5.41, 5.74) is 0.434. The normalized spacial score (nSPS) is 12.6. The fraction of sp³-hybridized carbons (Fsp3) is 0.200. The van der Waals surface area contributed by atoms with Gasteiger partial charge in [0.25, 0.3) is 5.91 Å². The second-order valence-corrected chi connectivity index (χ2v) is 3.96. The van der Waals surface area contributed by atoms with Gasteiger partial charge < -0.3 is 10.1 Å². The van der Waals surface area contributed by atoms with Crippen LogP contribution in [0.2, 0.25) is 0 Å². The first kappa shape index (κ1) is 15.6. The highest BCUT2D eigenvalue weighted by Crippen LogP contribution is 2.09. The molecule has 0 heterocycles. The van der Waals surface area contributed by atoms with Crippen LogP contribution < -0.4 is 5.32 Å². The van der Waals surface area contributed by atoms with Gasteiger partial charge in [0.1, 0.15) is 5.82 Å². The van der Waals surface area contributed by atoms with E-state index in [0.717, 1.165) is 0 Å². The van der Waals surface area contributed by atoms with Crippen molar-refractivity contribution < 1.29 is 18.7 Å². The van der Waals surface area contributed by atoms with E-state index in [2.05, 4.69) is 5.32 Å². The molecule has 0 unspecified atom stereocenters. The van der Waals surface area contributed by atoms with Crippen molar-refractivity contribution in [2.24, 2.45) is 0 Å². The average molecular weight is 277 g/mol. The molecule has 0 aliphatic rings. The zero-order valence-corrected chi connectivity index (χ0v) is 11.3. The predicted octanol–water partition coefficient (Wildman–Crippen LogP) is 2.83. The molecule has 0 aliphatic carbocycles. The van der Waals surface area contributed by atoms with E-state index in [1.54, 1.807) is 12.2 Å². The maximum Gasteiger partial charge on any atom is 0.331 e. The van der Waals surface area contributed by atoms with E-state index in [1.165, 1.54) is 43.3 Å². The Balaban J connectivity index is 2.50. The minimum atomic E-state index is -0.942. The molecule has 1 atom stereocenters. The number of hydrogen-bond acceptors (Lipinski definition) is 3. The lowest BCUT2D eigenvalue weighted by molar-refractivity contribution is -0.148. The number of nitrogens with one attached hydrogen (secondary N) is 1. The van der Waals surface area contributed by atoms with E-state index in [9.17, 15) is 14.0 Å². The lowest BCUT2D eigenvalue weighted by Crippen LogP contribution is -2.29. The summed E-state index contributed by atoms with van der Waals surface area (Å²) in [7, 11) is 0. The lowest BCUT2D eigenvalue weighted by Gasteiger charge is -2.12. The zero-order chi connectivity index (χ0) is 15.0. The number of ether oxygens (including phenoxy) is 1. The smallest absolute Gasteiger partial charge is 0.331 e. The van der Waals surface area contributed by atoms with Crippen LogP contribution in [-0.2, 0) is 14.3 Å². The van der Waals surface area contributed by atoms with Crippen molar-refractivity contribution in [1.82, 2.24) is 0 Å². The van der Waals surface area contributed by atoms with Crippen molar-refractivity contribution >= 4 is 17.6 Å². The Labute approximate surface area is 116 Å². The molecule has 1 aromatic rings. The van der Waals surface area contributed by atoms with Gasteiger partial charge in [-0.2, -0.15) is 0 Å². The quantitative estimate of drug-likeness (QED) is 0.511. The van der Waals surface area contributed by atoms with Gasteiger partial charge in [0.2, 0.25) is 0 Å². The second-order valence-electron chi connectivity index (χ2n) is 3.96. The van der Waals surface area contributed by atoms with Crippen molar-refractivity contribution in [2.45, 2.75) is 20.0 Å². The first-order chi connectivity index (χ1) is 9.52. The Bertz CT molecular complexity index is 520. The standard InChI is InChI=1S/C15H16FNO3/c1-3-4-5-6-14(18)20-11(2)15(19)17-13-9-7-12(16)8-10-13/h3-11H,1-2H3,(H,17,19)/b4-3+,6-5+/t11-/m1/s1. The van der Waals surface area contributed by atoms with Gasteiger partial charge in [0.05, 0.1) is 0 Å². The van der Waals surface area contributed by atoms with Gasteiger partial charge in [-0.05, 0) is 38.1 Å². The summed E-state index contributed by atoms with van der Waals surface area (Å²) in [5.74, 6) is -1.48. The lowest BCUT2D eigenvalue weighted by atomic mass is 10.3. The maximum atomic E-state index is 12.7. The van der Waals surface area contributed by atoms with Crippen molar-refractivity contribution in [1.29, 1.82) is 0 Å². The SMILES string of the molecule is C/C=C/C=C/C(=O)O[C@H](C)C(=O)Nc1ccc(F)cc1. The zero-order valence-electron chi connectivity index (χ0n) is 11.3. The third kappa shape index (κ3) is 5.48. The number of halogens is 1. The molecule has 4 nitrogen and oxygen atoms in total. The van der Waals surface area contributed by atoms with Crippen molar-refractivity contribution in [3.8, 4) is 0 Å². The summed E-state index contributed by atoms with van der Waals surface area (Å²) in [6.07, 6.45) is 5.23. The van der Waals surface area contributed by atoms with Gasteiger partial charge in [-0.25, -0.2) is 9.18 Å². The topological polar surface area (TPSA) is 55.4 Å². The molecule has 5 heteroatoms. The molecule has 0 fully saturated rings. The van der Waals surface area contributed by atoms with Crippen LogP contribution in [0.3, 0.4) is 0 Å². The molecule has 0 radical (unpaired) electrons. The number of carbonyl (C=O) groups is 2. The number of amides is 1. The monoisotopic (exact) mass is 277 g/mol. The van der Waals surface area contributed by atoms with Crippen LogP contribution in [-0.4, -0.2) is 18.0 Å². The third-order valence-electron chi connectivity index (χ3n) is 2.31. The van der Waals surface area contributed by atoms with Gasteiger partial charge in [0.15, 0.2) is 6.10 Å². The van der Waals surface area contributed by atoms with Crippen LogP contribution in [0.25, 0.3) is 0 Å². The number of rotatable bonds is 5. The molecule has 1 amide bonds. The minimum Gasteiger partial charge on any atom is -0.449 e. The van der Waals surface area contributed by atoms with E-state index in [0.29, 0.717) is 5.69 Å². The van der Waals surface area contributed by atoms with E-state index < -0.39 is 23.8 Å². The van der Waals surface area contributed by atoms with Gasteiger partial charge in [-0.3, -0.25) is 4.79 Å². The fourth-order valence-electron chi connectivity index (χ4n) is 1.29. The Morgan fingerprint density at radius 1 is 1.25 bits per heavy atom. The summed E-state index contributed by atoms with van der Waals surface area (Å²) >= 11 is 0. The Morgan fingerprint density at radius 3 is 2.50 bits per heavy atom. The minimum absolute atomic E-state index is 0.392. The Morgan fingerprint density at radius 2 is 1.90 bits per heavy atom. The summed E-state index contributed by atoms with van der Waals surface area (Å²) in [4.78, 5) is 23.1. The van der Waals surface area contributed by atoms with Crippen LogP contribution in [0.15, 0.2) is 48.6 Å². The molecule has 0 saturated heterocycles. The number of hydrogen-bond donors (Lipinski definition) is 1. The van der Waals surface area contributed by atoms with E-state index >= 15 is 0 Å². The van der Waals surface area contributed by atoms with Crippen molar-refractivity contribution in [2.75, 3.05) is 5.32 Å². The average Bonchev–Trinajstić information content (AvgIpc) is 2.41. The molecular formula is C15H16FNO3. The number of anilines is 1. The van der Waals surface area contributed by atoms with Crippen LogP contribution >= 0.6 is 0 Å². The largest absolute Gasteiger partial charge is 0.449 e. The molecule has 1 N–H and O–H groups in total. The van der Waals surface area contributed by atoms with E-state index in [-0.39, 0.29) is 0 Å². The number of allylic oxidation sites excluding steroid dienone is 3. The van der Waals surface area contributed by atoms with Crippen LogP contribution in [0.4, 0.5) is 10.1 Å². The number of benzene rings is 1. The van der Waals surface area contributed by atoms with Crippen molar-refractivity contribution in [3.05, 3.63) is 54.4 Å². The molecule has 106 valence electrons. The molecule has 0 bridgehead atoms. The summed E-state index contributed by atoms with van der Waals surface area (Å²) in [6, 6.07) is 5.31. The highest BCUT2D eigenvalue weighted by atomic mass is 19.1. The molecular weight excluding hydrogens is 261 g/mol. The third-order valence-corrected chi connectivity index (χ3v) is 2.31.